The molecule has 1 saturated carbocycles. The Labute approximate surface area is 141 Å². The van der Waals surface area contributed by atoms with Crippen LogP contribution in [0.25, 0.3) is 5.69 Å². The molecule has 122 valence electrons. The smallest absolute Gasteiger partial charge is 0.228 e. The normalized spacial score (nSPS) is 21.5. The Morgan fingerprint density at radius 3 is 2.74 bits per heavy atom. The molecule has 1 aliphatic carbocycles. The molecule has 5 nitrogen and oxygen atoms in total. The molecule has 0 bridgehead atoms. The maximum absolute atomic E-state index is 12.4. The van der Waals surface area contributed by atoms with E-state index in [1.54, 1.807) is 10.9 Å². The van der Waals surface area contributed by atoms with Gasteiger partial charge in [0.2, 0.25) is 5.91 Å². The SMILES string of the molecule is Cl.O=C(Nc1cnn(-c2ccccc2)c1)C1CC12CCNCC2. The van der Waals surface area contributed by atoms with E-state index in [0.29, 0.717) is 0 Å². The average molecular weight is 333 g/mol. The Balaban J connectivity index is 0.00000156. The summed E-state index contributed by atoms with van der Waals surface area (Å²) in [5, 5.41) is 10.7. The molecular weight excluding hydrogens is 312 g/mol. The molecule has 6 heteroatoms. The molecule has 1 unspecified atom stereocenters. The van der Waals surface area contributed by atoms with Crippen molar-refractivity contribution < 1.29 is 4.79 Å². The topological polar surface area (TPSA) is 59.0 Å². The molecule has 1 atom stereocenters. The summed E-state index contributed by atoms with van der Waals surface area (Å²) in [4.78, 5) is 12.4. The number of aromatic nitrogens is 2. The lowest BCUT2D eigenvalue weighted by Gasteiger charge is -2.23. The molecule has 1 saturated heterocycles. The molecule has 2 aliphatic rings. The number of para-hydroxylation sites is 1. The average Bonchev–Trinajstić information content (AvgIpc) is 3.04. The van der Waals surface area contributed by atoms with Gasteiger partial charge in [0.05, 0.1) is 23.8 Å². The summed E-state index contributed by atoms with van der Waals surface area (Å²) >= 11 is 0. The Bertz CT molecular complexity index is 679. The van der Waals surface area contributed by atoms with Crippen LogP contribution in [0.1, 0.15) is 19.3 Å². The number of rotatable bonds is 3. The highest BCUT2D eigenvalue weighted by atomic mass is 35.5. The van der Waals surface area contributed by atoms with Crippen molar-refractivity contribution in [3.63, 3.8) is 0 Å². The second-order valence-electron chi connectivity index (χ2n) is 6.37. The van der Waals surface area contributed by atoms with Crippen LogP contribution in [-0.4, -0.2) is 28.8 Å². The van der Waals surface area contributed by atoms with E-state index in [2.05, 4.69) is 15.7 Å². The first kappa shape index (κ1) is 16.0. The summed E-state index contributed by atoms with van der Waals surface area (Å²) in [6, 6.07) is 9.90. The van der Waals surface area contributed by atoms with Gasteiger partial charge in [-0.25, -0.2) is 4.68 Å². The molecular formula is C17H21ClN4O. The van der Waals surface area contributed by atoms with Crippen LogP contribution in [0.3, 0.4) is 0 Å². The van der Waals surface area contributed by atoms with Crippen LogP contribution >= 0.6 is 12.4 Å². The molecule has 2 fully saturated rings. The number of hydrogen-bond acceptors (Lipinski definition) is 3. The number of hydrogen-bond donors (Lipinski definition) is 2. The van der Waals surface area contributed by atoms with Crippen molar-refractivity contribution in [2.24, 2.45) is 11.3 Å². The summed E-state index contributed by atoms with van der Waals surface area (Å²) < 4.78 is 1.78. The van der Waals surface area contributed by atoms with Crippen molar-refractivity contribution in [1.82, 2.24) is 15.1 Å². The van der Waals surface area contributed by atoms with Crippen molar-refractivity contribution in [3.8, 4) is 5.69 Å². The van der Waals surface area contributed by atoms with E-state index in [9.17, 15) is 4.79 Å². The van der Waals surface area contributed by atoms with Gasteiger partial charge in [-0.1, -0.05) is 18.2 Å². The lowest BCUT2D eigenvalue weighted by atomic mass is 9.92. The van der Waals surface area contributed by atoms with E-state index in [1.165, 1.54) is 0 Å². The van der Waals surface area contributed by atoms with Gasteiger partial charge in [0.25, 0.3) is 0 Å². The standard InChI is InChI=1S/C17H20N4O.ClH/c22-16(15-10-17(15)6-8-18-9-7-17)20-13-11-19-21(12-13)14-4-2-1-3-5-14;/h1-5,11-12,15,18H,6-10H2,(H,20,22);1H. The van der Waals surface area contributed by atoms with Crippen LogP contribution in [-0.2, 0) is 4.79 Å². The molecule has 1 aromatic heterocycles. The van der Waals surface area contributed by atoms with E-state index in [4.69, 9.17) is 0 Å². The highest BCUT2D eigenvalue weighted by molar-refractivity contribution is 5.94. The number of benzene rings is 1. The number of nitrogens with zero attached hydrogens (tertiary/aromatic N) is 2. The molecule has 2 heterocycles. The molecule has 1 amide bonds. The van der Waals surface area contributed by atoms with E-state index in [0.717, 1.165) is 43.7 Å². The summed E-state index contributed by atoms with van der Waals surface area (Å²) in [7, 11) is 0. The summed E-state index contributed by atoms with van der Waals surface area (Å²) in [5.41, 5.74) is 2.03. The van der Waals surface area contributed by atoms with Crippen molar-refractivity contribution in [2.45, 2.75) is 19.3 Å². The summed E-state index contributed by atoms with van der Waals surface area (Å²) in [5.74, 6) is 0.323. The largest absolute Gasteiger partial charge is 0.323 e. The molecule has 0 radical (unpaired) electrons. The van der Waals surface area contributed by atoms with Gasteiger partial charge in [-0.05, 0) is 49.9 Å². The van der Waals surface area contributed by atoms with E-state index < -0.39 is 0 Å². The first-order valence-corrected chi connectivity index (χ1v) is 7.89. The van der Waals surface area contributed by atoms with Gasteiger partial charge < -0.3 is 10.6 Å². The minimum atomic E-state index is 0. The second-order valence-corrected chi connectivity index (χ2v) is 6.37. The van der Waals surface area contributed by atoms with Crippen molar-refractivity contribution in [1.29, 1.82) is 0 Å². The van der Waals surface area contributed by atoms with Gasteiger partial charge in [0, 0.05) is 5.92 Å². The molecule has 23 heavy (non-hydrogen) atoms. The third-order valence-corrected chi connectivity index (χ3v) is 4.98. The molecule has 1 aliphatic heterocycles. The summed E-state index contributed by atoms with van der Waals surface area (Å²) in [6.45, 7) is 2.07. The van der Waals surface area contributed by atoms with Crippen LogP contribution < -0.4 is 10.6 Å². The van der Waals surface area contributed by atoms with Crippen LogP contribution in [0, 0.1) is 11.3 Å². The second kappa shape index (κ2) is 6.34. The molecule has 2 aromatic rings. The van der Waals surface area contributed by atoms with Gasteiger partial charge in [0.1, 0.15) is 0 Å². The minimum Gasteiger partial charge on any atom is -0.323 e. The Morgan fingerprint density at radius 2 is 2.00 bits per heavy atom. The zero-order chi connectivity index (χ0) is 15.0. The Hall–Kier alpha value is -1.85. The van der Waals surface area contributed by atoms with E-state index >= 15 is 0 Å². The van der Waals surface area contributed by atoms with Crippen LogP contribution in [0.2, 0.25) is 0 Å². The molecule has 1 aromatic carbocycles. The van der Waals surface area contributed by atoms with Crippen LogP contribution in [0.4, 0.5) is 5.69 Å². The minimum absolute atomic E-state index is 0. The molecule has 1 spiro atoms. The number of halogens is 1. The number of nitrogens with one attached hydrogen (secondary N) is 2. The third-order valence-electron chi connectivity index (χ3n) is 4.98. The maximum atomic E-state index is 12.4. The molecule has 2 N–H and O–H groups in total. The quantitative estimate of drug-likeness (QED) is 0.908. The zero-order valence-corrected chi connectivity index (χ0v) is 13.7. The summed E-state index contributed by atoms with van der Waals surface area (Å²) in [6.07, 6.45) is 6.85. The van der Waals surface area contributed by atoms with E-state index in [-0.39, 0.29) is 29.6 Å². The fraction of sp³-hybridized carbons (Fsp3) is 0.412. The van der Waals surface area contributed by atoms with Gasteiger partial charge in [-0.3, -0.25) is 4.79 Å². The number of carbonyl (C=O) groups excluding carboxylic acids is 1. The van der Waals surface area contributed by atoms with Crippen molar-refractivity contribution in [3.05, 3.63) is 42.7 Å². The lowest BCUT2D eigenvalue weighted by Crippen LogP contribution is -2.31. The van der Waals surface area contributed by atoms with Crippen LogP contribution in [0.5, 0.6) is 0 Å². The number of anilines is 1. The number of piperidine rings is 1. The Morgan fingerprint density at radius 1 is 1.26 bits per heavy atom. The monoisotopic (exact) mass is 332 g/mol. The van der Waals surface area contributed by atoms with Crippen molar-refractivity contribution in [2.75, 3.05) is 18.4 Å². The fourth-order valence-corrected chi connectivity index (χ4v) is 3.53. The van der Waals surface area contributed by atoms with E-state index in [1.807, 2.05) is 36.5 Å². The number of carbonyl (C=O) groups is 1. The Kier molecular flexibility index (Phi) is 4.41. The maximum Gasteiger partial charge on any atom is 0.228 e. The van der Waals surface area contributed by atoms with Gasteiger partial charge >= 0.3 is 0 Å². The highest BCUT2D eigenvalue weighted by Gasteiger charge is 2.57. The first-order valence-electron chi connectivity index (χ1n) is 7.89. The molecule has 4 rings (SSSR count). The fourth-order valence-electron chi connectivity index (χ4n) is 3.53. The van der Waals surface area contributed by atoms with Gasteiger partial charge in [-0.2, -0.15) is 5.10 Å². The highest BCUT2D eigenvalue weighted by Crippen LogP contribution is 2.58. The zero-order valence-electron chi connectivity index (χ0n) is 12.9. The lowest BCUT2D eigenvalue weighted by molar-refractivity contribution is -0.118. The predicted octanol–water partition coefficient (Wildman–Crippen LogP) is 2.62. The third kappa shape index (κ3) is 3.12. The van der Waals surface area contributed by atoms with Gasteiger partial charge in [0.15, 0.2) is 0 Å². The van der Waals surface area contributed by atoms with Crippen LogP contribution in [0.15, 0.2) is 42.7 Å². The first-order chi connectivity index (χ1) is 10.8. The number of amides is 1. The van der Waals surface area contributed by atoms with Crippen molar-refractivity contribution >= 4 is 24.0 Å². The predicted molar refractivity (Wildman–Crippen MR) is 92.1 cm³/mol. The van der Waals surface area contributed by atoms with Gasteiger partial charge in [-0.15, -0.1) is 12.4 Å².